The molecule has 1 atom stereocenters. The van der Waals surface area contributed by atoms with Crippen LogP contribution in [0.4, 0.5) is 5.82 Å². The number of anilines is 1. The fourth-order valence-electron chi connectivity index (χ4n) is 1.36. The summed E-state index contributed by atoms with van der Waals surface area (Å²) in [7, 11) is 0. The Morgan fingerprint density at radius 3 is 2.58 bits per heavy atom. The zero-order valence-corrected chi connectivity index (χ0v) is 12.9. The number of rotatable bonds is 4. The Bertz CT molecular complexity index is 454. The molecule has 0 aromatic carbocycles. The highest BCUT2D eigenvalue weighted by Gasteiger charge is 2.23. The summed E-state index contributed by atoms with van der Waals surface area (Å²) in [6.45, 7) is 10.9. The molecule has 19 heavy (non-hydrogen) atoms. The van der Waals surface area contributed by atoms with Crippen LogP contribution in [-0.2, 0) is 0 Å². The standard InChI is InChI=1S/C14H22ClN3O/c1-6-16-11-8-7-10(15)12(18-11)13(19)17-9(2)14(3,4)5/h7-9H,6H2,1-5H3,(H,16,18)(H,17,19). The van der Waals surface area contributed by atoms with E-state index in [0.717, 1.165) is 6.54 Å². The Morgan fingerprint density at radius 1 is 1.42 bits per heavy atom. The predicted molar refractivity (Wildman–Crippen MR) is 79.8 cm³/mol. The van der Waals surface area contributed by atoms with Gasteiger partial charge in [-0.2, -0.15) is 0 Å². The minimum Gasteiger partial charge on any atom is -0.370 e. The molecule has 0 saturated carbocycles. The van der Waals surface area contributed by atoms with Crippen LogP contribution in [0.3, 0.4) is 0 Å². The van der Waals surface area contributed by atoms with Crippen molar-refractivity contribution in [2.75, 3.05) is 11.9 Å². The molecule has 4 nitrogen and oxygen atoms in total. The Labute approximate surface area is 120 Å². The van der Waals surface area contributed by atoms with Gasteiger partial charge in [-0.3, -0.25) is 4.79 Å². The van der Waals surface area contributed by atoms with Crippen LogP contribution in [0, 0.1) is 5.41 Å². The molecule has 1 amide bonds. The van der Waals surface area contributed by atoms with E-state index in [2.05, 4.69) is 36.4 Å². The second-order valence-corrected chi connectivity index (χ2v) is 6.03. The maximum absolute atomic E-state index is 12.2. The van der Waals surface area contributed by atoms with E-state index in [4.69, 9.17) is 11.6 Å². The zero-order chi connectivity index (χ0) is 14.6. The topological polar surface area (TPSA) is 54.0 Å². The lowest BCUT2D eigenvalue weighted by Crippen LogP contribution is -2.41. The molecule has 1 unspecified atom stereocenters. The summed E-state index contributed by atoms with van der Waals surface area (Å²) >= 11 is 6.04. The van der Waals surface area contributed by atoms with Gasteiger partial charge in [-0.1, -0.05) is 32.4 Å². The number of carbonyl (C=O) groups is 1. The lowest BCUT2D eigenvalue weighted by molar-refractivity contribution is 0.0905. The average molecular weight is 284 g/mol. The van der Waals surface area contributed by atoms with Crippen LogP contribution >= 0.6 is 11.6 Å². The summed E-state index contributed by atoms with van der Waals surface area (Å²) in [5.41, 5.74) is 0.248. The Morgan fingerprint density at radius 2 is 2.05 bits per heavy atom. The van der Waals surface area contributed by atoms with Gasteiger partial charge in [0.15, 0.2) is 0 Å². The Kier molecular flexibility index (Phi) is 5.18. The van der Waals surface area contributed by atoms with Gasteiger partial charge in [0.25, 0.3) is 5.91 Å². The molecule has 0 aliphatic carbocycles. The van der Waals surface area contributed by atoms with Gasteiger partial charge in [0.2, 0.25) is 0 Å². The molecule has 106 valence electrons. The molecule has 5 heteroatoms. The first kappa shape index (κ1) is 15.8. The van der Waals surface area contributed by atoms with Gasteiger partial charge in [-0.15, -0.1) is 0 Å². The van der Waals surface area contributed by atoms with Crippen molar-refractivity contribution in [2.45, 2.75) is 40.7 Å². The lowest BCUT2D eigenvalue weighted by atomic mass is 9.88. The third kappa shape index (κ3) is 4.39. The fourth-order valence-corrected chi connectivity index (χ4v) is 1.55. The van der Waals surface area contributed by atoms with E-state index in [1.54, 1.807) is 12.1 Å². The van der Waals surface area contributed by atoms with Crippen LogP contribution in [0.2, 0.25) is 5.02 Å². The first-order chi connectivity index (χ1) is 8.75. The van der Waals surface area contributed by atoms with Crippen LogP contribution in [0.1, 0.15) is 45.1 Å². The van der Waals surface area contributed by atoms with Gasteiger partial charge in [0, 0.05) is 12.6 Å². The summed E-state index contributed by atoms with van der Waals surface area (Å²) in [5, 5.41) is 6.36. The third-order valence-electron chi connectivity index (χ3n) is 3.07. The van der Waals surface area contributed by atoms with Gasteiger partial charge in [0.05, 0.1) is 5.02 Å². The molecule has 1 rings (SSSR count). The van der Waals surface area contributed by atoms with Crippen LogP contribution in [0.5, 0.6) is 0 Å². The van der Waals surface area contributed by atoms with Crippen LogP contribution in [0.15, 0.2) is 12.1 Å². The van der Waals surface area contributed by atoms with Crippen molar-refractivity contribution in [3.63, 3.8) is 0 Å². The molecular formula is C14H22ClN3O. The lowest BCUT2D eigenvalue weighted by Gasteiger charge is -2.28. The van der Waals surface area contributed by atoms with Crippen molar-refractivity contribution in [1.29, 1.82) is 0 Å². The summed E-state index contributed by atoms with van der Waals surface area (Å²) in [4.78, 5) is 16.4. The second-order valence-electron chi connectivity index (χ2n) is 5.62. The molecule has 0 spiro atoms. The van der Waals surface area contributed by atoms with E-state index in [1.165, 1.54) is 0 Å². The van der Waals surface area contributed by atoms with Crippen molar-refractivity contribution >= 4 is 23.3 Å². The molecule has 0 radical (unpaired) electrons. The van der Waals surface area contributed by atoms with E-state index in [1.807, 2.05) is 13.8 Å². The minimum atomic E-state index is -0.243. The van der Waals surface area contributed by atoms with Crippen LogP contribution in [-0.4, -0.2) is 23.5 Å². The SMILES string of the molecule is CCNc1ccc(Cl)c(C(=O)NC(C)C(C)(C)C)n1. The molecule has 0 aliphatic rings. The van der Waals surface area contributed by atoms with Crippen molar-refractivity contribution in [3.05, 3.63) is 22.8 Å². The highest BCUT2D eigenvalue weighted by atomic mass is 35.5. The van der Waals surface area contributed by atoms with E-state index < -0.39 is 0 Å². The normalized spacial score (nSPS) is 12.9. The predicted octanol–water partition coefficient (Wildman–Crippen LogP) is 3.33. The number of carbonyl (C=O) groups excluding carboxylic acids is 1. The molecule has 0 saturated heterocycles. The van der Waals surface area contributed by atoms with Crippen LogP contribution in [0.25, 0.3) is 0 Å². The first-order valence-electron chi connectivity index (χ1n) is 6.47. The number of hydrogen-bond acceptors (Lipinski definition) is 3. The van der Waals surface area contributed by atoms with Crippen molar-refractivity contribution in [2.24, 2.45) is 5.41 Å². The number of hydrogen-bond donors (Lipinski definition) is 2. The molecule has 1 aromatic heterocycles. The Hall–Kier alpha value is -1.29. The highest BCUT2D eigenvalue weighted by Crippen LogP contribution is 2.21. The van der Waals surface area contributed by atoms with Gasteiger partial charge in [-0.05, 0) is 31.4 Å². The van der Waals surface area contributed by atoms with Crippen LogP contribution < -0.4 is 10.6 Å². The van der Waals surface area contributed by atoms with Crippen molar-refractivity contribution in [3.8, 4) is 0 Å². The Balaban J connectivity index is 2.90. The van der Waals surface area contributed by atoms with E-state index in [-0.39, 0.29) is 23.1 Å². The average Bonchev–Trinajstić information content (AvgIpc) is 2.30. The third-order valence-corrected chi connectivity index (χ3v) is 3.37. The first-order valence-corrected chi connectivity index (χ1v) is 6.84. The number of aromatic nitrogens is 1. The summed E-state index contributed by atoms with van der Waals surface area (Å²) < 4.78 is 0. The van der Waals surface area contributed by atoms with Gasteiger partial charge < -0.3 is 10.6 Å². The minimum absolute atomic E-state index is 0.0125. The highest BCUT2D eigenvalue weighted by molar-refractivity contribution is 6.33. The van der Waals surface area contributed by atoms with Gasteiger partial charge in [-0.25, -0.2) is 4.98 Å². The quantitative estimate of drug-likeness (QED) is 0.891. The largest absolute Gasteiger partial charge is 0.370 e. The molecule has 0 fully saturated rings. The summed E-state index contributed by atoms with van der Waals surface area (Å²) in [6, 6.07) is 3.47. The number of pyridine rings is 1. The van der Waals surface area contributed by atoms with E-state index >= 15 is 0 Å². The van der Waals surface area contributed by atoms with Gasteiger partial charge >= 0.3 is 0 Å². The zero-order valence-electron chi connectivity index (χ0n) is 12.2. The molecule has 0 bridgehead atoms. The molecule has 0 aliphatic heterocycles. The van der Waals surface area contributed by atoms with Gasteiger partial charge in [0.1, 0.15) is 11.5 Å². The van der Waals surface area contributed by atoms with E-state index in [9.17, 15) is 4.79 Å². The molecule has 1 aromatic rings. The number of amides is 1. The monoisotopic (exact) mass is 283 g/mol. The number of nitrogens with zero attached hydrogens (tertiary/aromatic N) is 1. The number of halogens is 1. The smallest absolute Gasteiger partial charge is 0.271 e. The second kappa shape index (κ2) is 6.24. The maximum Gasteiger partial charge on any atom is 0.271 e. The maximum atomic E-state index is 12.2. The van der Waals surface area contributed by atoms with E-state index in [0.29, 0.717) is 10.8 Å². The molecular weight excluding hydrogens is 262 g/mol. The molecule has 1 heterocycles. The molecule has 2 N–H and O–H groups in total. The number of nitrogens with one attached hydrogen (secondary N) is 2. The summed E-state index contributed by atoms with van der Waals surface area (Å²) in [6.07, 6.45) is 0. The fraction of sp³-hybridized carbons (Fsp3) is 0.571. The summed E-state index contributed by atoms with van der Waals surface area (Å²) in [5.74, 6) is 0.410. The van der Waals surface area contributed by atoms with Crippen molar-refractivity contribution in [1.82, 2.24) is 10.3 Å². The van der Waals surface area contributed by atoms with Crippen molar-refractivity contribution < 1.29 is 4.79 Å².